The van der Waals surface area contributed by atoms with Gasteiger partial charge in [0.25, 0.3) is 5.56 Å². The Bertz CT molecular complexity index is 1160. The van der Waals surface area contributed by atoms with E-state index in [0.717, 1.165) is 38.5 Å². The lowest BCUT2D eigenvalue weighted by Gasteiger charge is -2.29. The van der Waals surface area contributed by atoms with Gasteiger partial charge in [-0.1, -0.05) is 31.7 Å². The molecular weight excluding hydrogens is 458 g/mol. The van der Waals surface area contributed by atoms with Gasteiger partial charge in [0.15, 0.2) is 0 Å². The molecule has 1 saturated heterocycles. The van der Waals surface area contributed by atoms with Crippen LogP contribution in [-0.2, 0) is 16.1 Å². The van der Waals surface area contributed by atoms with Crippen LogP contribution < -0.4 is 10.9 Å². The summed E-state index contributed by atoms with van der Waals surface area (Å²) >= 11 is 0. The van der Waals surface area contributed by atoms with Crippen molar-refractivity contribution in [1.82, 2.24) is 9.47 Å². The minimum Gasteiger partial charge on any atom is -0.444 e. The zero-order valence-electron chi connectivity index (χ0n) is 21.7. The molecule has 2 amide bonds. The largest absolute Gasteiger partial charge is 0.444 e. The van der Waals surface area contributed by atoms with Crippen LogP contribution in [-0.4, -0.2) is 50.4 Å². The number of anilines is 1. The third-order valence-electron chi connectivity index (χ3n) is 7.23. The Morgan fingerprint density at radius 3 is 2.50 bits per heavy atom. The number of amides is 2. The lowest BCUT2D eigenvalue weighted by Crippen LogP contribution is -2.42. The van der Waals surface area contributed by atoms with E-state index >= 15 is 0 Å². The maximum absolute atomic E-state index is 13.3. The molecule has 2 aromatic rings. The molecule has 2 fully saturated rings. The lowest BCUT2D eigenvalue weighted by atomic mass is 9.90. The molecule has 0 spiro atoms. The van der Waals surface area contributed by atoms with Gasteiger partial charge >= 0.3 is 6.09 Å². The van der Waals surface area contributed by atoms with Crippen LogP contribution in [0.5, 0.6) is 0 Å². The molecule has 1 aromatic heterocycles. The molecular formula is C28H39N3O5. The Kier molecular flexibility index (Phi) is 7.73. The summed E-state index contributed by atoms with van der Waals surface area (Å²) in [6, 6.07) is 7.01. The van der Waals surface area contributed by atoms with E-state index < -0.39 is 11.2 Å². The van der Waals surface area contributed by atoms with Crippen molar-refractivity contribution in [3.63, 3.8) is 0 Å². The van der Waals surface area contributed by atoms with Gasteiger partial charge in [0.1, 0.15) is 5.60 Å². The van der Waals surface area contributed by atoms with Crippen LogP contribution in [0.1, 0.15) is 78.6 Å². The first-order valence-corrected chi connectivity index (χ1v) is 13.2. The van der Waals surface area contributed by atoms with Gasteiger partial charge in [-0.05, 0) is 64.7 Å². The molecule has 2 aliphatic rings. The summed E-state index contributed by atoms with van der Waals surface area (Å²) in [5.74, 6) is -0.241. The van der Waals surface area contributed by atoms with Crippen molar-refractivity contribution < 1.29 is 19.4 Å². The number of nitrogens with zero attached hydrogens (tertiary/aromatic N) is 2. The Morgan fingerprint density at radius 1 is 1.08 bits per heavy atom. The highest BCUT2D eigenvalue weighted by Crippen LogP contribution is 2.31. The van der Waals surface area contributed by atoms with Gasteiger partial charge in [-0.25, -0.2) is 4.79 Å². The summed E-state index contributed by atoms with van der Waals surface area (Å²) in [5, 5.41) is 15.0. The summed E-state index contributed by atoms with van der Waals surface area (Å²) in [4.78, 5) is 40.5. The molecule has 8 heteroatoms. The van der Waals surface area contributed by atoms with E-state index in [9.17, 15) is 19.5 Å². The highest BCUT2D eigenvalue weighted by Gasteiger charge is 2.33. The van der Waals surface area contributed by atoms with E-state index in [-0.39, 0.29) is 30.0 Å². The highest BCUT2D eigenvalue weighted by molar-refractivity contribution is 6.02. The monoisotopic (exact) mass is 497 g/mol. The van der Waals surface area contributed by atoms with E-state index in [2.05, 4.69) is 5.32 Å². The molecule has 1 atom stereocenters. The SMILES string of the molecule is CC(C)(C)OC(=O)N1CCCC1Cn1ccc2c(NC(=O)CC3(O)CCCCCC3)cccc2c1=O. The van der Waals surface area contributed by atoms with Gasteiger partial charge in [-0.2, -0.15) is 0 Å². The minimum absolute atomic E-state index is 0.0582. The first-order chi connectivity index (χ1) is 17.0. The summed E-state index contributed by atoms with van der Waals surface area (Å²) in [6.45, 7) is 6.54. The minimum atomic E-state index is -0.959. The maximum Gasteiger partial charge on any atom is 0.410 e. The third kappa shape index (κ3) is 6.27. The fraction of sp³-hybridized carbons (Fsp3) is 0.607. The van der Waals surface area contributed by atoms with Crippen molar-refractivity contribution in [3.05, 3.63) is 40.8 Å². The van der Waals surface area contributed by atoms with Crippen LogP contribution in [0.2, 0.25) is 0 Å². The van der Waals surface area contributed by atoms with Crippen molar-refractivity contribution >= 4 is 28.5 Å². The Hall–Kier alpha value is -2.87. The standard InChI is InChI=1S/C28H39N3O5/c1-27(2,3)36-26(34)31-16-9-10-20(31)19-30-17-13-21-22(25(30)33)11-8-12-23(21)29-24(32)18-28(35)14-6-4-5-7-15-28/h8,11-13,17,20,35H,4-7,9-10,14-16,18-19H2,1-3H3,(H,29,32). The first-order valence-electron chi connectivity index (χ1n) is 13.2. The smallest absolute Gasteiger partial charge is 0.410 e. The molecule has 8 nitrogen and oxygen atoms in total. The summed E-state index contributed by atoms with van der Waals surface area (Å²) < 4.78 is 7.19. The summed E-state index contributed by atoms with van der Waals surface area (Å²) in [6.07, 6.45) is 8.45. The molecule has 2 N–H and O–H groups in total. The number of hydrogen-bond acceptors (Lipinski definition) is 5. The zero-order chi connectivity index (χ0) is 25.9. The number of nitrogens with one attached hydrogen (secondary N) is 1. The van der Waals surface area contributed by atoms with Crippen LogP contribution in [0.4, 0.5) is 10.5 Å². The van der Waals surface area contributed by atoms with Gasteiger partial charge in [0.05, 0.1) is 18.1 Å². The Balaban J connectivity index is 1.49. The number of benzene rings is 1. The van der Waals surface area contributed by atoms with Crippen LogP contribution >= 0.6 is 0 Å². The van der Waals surface area contributed by atoms with Crippen LogP contribution in [0.25, 0.3) is 10.8 Å². The molecule has 36 heavy (non-hydrogen) atoms. The van der Waals surface area contributed by atoms with E-state index in [0.29, 0.717) is 42.4 Å². The predicted octanol–water partition coefficient (Wildman–Crippen LogP) is 4.81. The second-order valence-corrected chi connectivity index (χ2v) is 11.4. The van der Waals surface area contributed by atoms with Crippen molar-refractivity contribution in [2.24, 2.45) is 0 Å². The number of hydrogen-bond donors (Lipinski definition) is 2. The Labute approximate surface area is 212 Å². The predicted molar refractivity (Wildman–Crippen MR) is 140 cm³/mol. The molecule has 1 saturated carbocycles. The van der Waals surface area contributed by atoms with Gasteiger partial charge in [0, 0.05) is 35.7 Å². The second kappa shape index (κ2) is 10.6. The molecule has 2 heterocycles. The van der Waals surface area contributed by atoms with E-state index in [4.69, 9.17) is 4.74 Å². The molecule has 1 aliphatic heterocycles. The van der Waals surface area contributed by atoms with E-state index in [1.807, 2.05) is 26.8 Å². The average molecular weight is 498 g/mol. The van der Waals surface area contributed by atoms with Gasteiger partial charge < -0.3 is 24.6 Å². The number of aliphatic hydroxyl groups is 1. The van der Waals surface area contributed by atoms with Crippen LogP contribution in [0.15, 0.2) is 35.3 Å². The van der Waals surface area contributed by atoms with Crippen molar-refractivity contribution in [2.75, 3.05) is 11.9 Å². The fourth-order valence-corrected chi connectivity index (χ4v) is 5.44. The number of aromatic nitrogens is 1. The highest BCUT2D eigenvalue weighted by atomic mass is 16.6. The second-order valence-electron chi connectivity index (χ2n) is 11.4. The number of ether oxygens (including phenoxy) is 1. The van der Waals surface area contributed by atoms with Gasteiger partial charge in [-0.15, -0.1) is 0 Å². The molecule has 196 valence electrons. The van der Waals surface area contributed by atoms with Crippen molar-refractivity contribution in [3.8, 4) is 0 Å². The zero-order valence-corrected chi connectivity index (χ0v) is 21.7. The number of fused-ring (bicyclic) bond motifs is 1. The number of pyridine rings is 1. The van der Waals surface area contributed by atoms with Crippen molar-refractivity contribution in [2.45, 2.75) is 102 Å². The Morgan fingerprint density at radius 2 is 1.81 bits per heavy atom. The molecule has 0 radical (unpaired) electrons. The molecule has 1 aliphatic carbocycles. The number of rotatable bonds is 5. The average Bonchev–Trinajstić information content (AvgIpc) is 3.15. The van der Waals surface area contributed by atoms with E-state index in [1.54, 1.807) is 33.9 Å². The number of carbonyl (C=O) groups excluding carboxylic acids is 2. The molecule has 1 unspecified atom stereocenters. The van der Waals surface area contributed by atoms with E-state index in [1.165, 1.54) is 0 Å². The van der Waals surface area contributed by atoms with Crippen LogP contribution in [0.3, 0.4) is 0 Å². The third-order valence-corrected chi connectivity index (χ3v) is 7.23. The topological polar surface area (TPSA) is 101 Å². The number of likely N-dealkylation sites (tertiary alicyclic amines) is 1. The maximum atomic E-state index is 13.3. The quantitative estimate of drug-likeness (QED) is 0.577. The van der Waals surface area contributed by atoms with Crippen molar-refractivity contribution in [1.29, 1.82) is 0 Å². The first kappa shape index (κ1) is 26.2. The number of carbonyl (C=O) groups is 2. The summed E-state index contributed by atoms with van der Waals surface area (Å²) in [5.41, 5.74) is -1.13. The van der Waals surface area contributed by atoms with Gasteiger partial charge in [0.2, 0.25) is 5.91 Å². The van der Waals surface area contributed by atoms with Crippen LogP contribution in [0, 0.1) is 0 Å². The normalized spacial score (nSPS) is 20.2. The fourth-order valence-electron chi connectivity index (χ4n) is 5.44. The summed E-state index contributed by atoms with van der Waals surface area (Å²) in [7, 11) is 0. The molecule has 4 rings (SSSR count). The molecule has 0 bridgehead atoms. The lowest BCUT2D eigenvalue weighted by molar-refractivity contribution is -0.121. The van der Waals surface area contributed by atoms with Gasteiger partial charge in [-0.3, -0.25) is 9.59 Å². The molecule has 1 aromatic carbocycles.